The van der Waals surface area contributed by atoms with Crippen molar-refractivity contribution in [3.8, 4) is 0 Å². The first-order valence-corrected chi connectivity index (χ1v) is 14.6. The SMILES string of the molecule is O=C(CNc1ccc(S(=O)(=O)N2CCCCCC2)cc1)c1ccc(S(=O)(=O)N2CCCC2)cc1. The minimum Gasteiger partial charge on any atom is -0.378 e. The Balaban J connectivity index is 1.35. The Labute approximate surface area is 202 Å². The molecule has 1 N–H and O–H groups in total. The molecule has 0 unspecified atom stereocenters. The lowest BCUT2D eigenvalue weighted by Gasteiger charge is -2.20. The normalized spacial score (nSPS) is 18.5. The van der Waals surface area contributed by atoms with E-state index in [-0.39, 0.29) is 22.1 Å². The third-order valence-corrected chi connectivity index (χ3v) is 10.2. The van der Waals surface area contributed by atoms with Gasteiger partial charge in [0, 0.05) is 37.4 Å². The van der Waals surface area contributed by atoms with E-state index < -0.39 is 20.0 Å². The lowest BCUT2D eigenvalue weighted by Crippen LogP contribution is -2.31. The second-order valence-electron chi connectivity index (χ2n) is 8.75. The molecule has 0 saturated carbocycles. The van der Waals surface area contributed by atoms with Gasteiger partial charge in [-0.3, -0.25) is 4.79 Å². The van der Waals surface area contributed by atoms with Gasteiger partial charge in [-0.05, 0) is 74.2 Å². The highest BCUT2D eigenvalue weighted by Gasteiger charge is 2.27. The van der Waals surface area contributed by atoms with Crippen LogP contribution in [0.15, 0.2) is 58.3 Å². The number of hydrogen-bond donors (Lipinski definition) is 1. The second kappa shape index (κ2) is 10.6. The lowest BCUT2D eigenvalue weighted by atomic mass is 10.1. The third kappa shape index (κ3) is 5.51. The van der Waals surface area contributed by atoms with Crippen LogP contribution in [0.1, 0.15) is 48.9 Å². The van der Waals surface area contributed by atoms with E-state index in [1.807, 2.05) is 0 Å². The van der Waals surface area contributed by atoms with Crippen LogP contribution in [-0.2, 0) is 20.0 Å². The summed E-state index contributed by atoms with van der Waals surface area (Å²) >= 11 is 0. The van der Waals surface area contributed by atoms with Gasteiger partial charge in [0.1, 0.15) is 0 Å². The van der Waals surface area contributed by atoms with Gasteiger partial charge in [0.2, 0.25) is 20.0 Å². The zero-order chi connectivity index (χ0) is 24.2. The van der Waals surface area contributed by atoms with Crippen LogP contribution in [0.3, 0.4) is 0 Å². The van der Waals surface area contributed by atoms with Gasteiger partial charge in [-0.2, -0.15) is 8.61 Å². The number of Topliss-reactive ketones (excluding diaryl/α,β-unsaturated/α-hetero) is 1. The summed E-state index contributed by atoms with van der Waals surface area (Å²) in [5.74, 6) is -0.189. The molecular weight excluding hydrogens is 474 g/mol. The molecular formula is C24H31N3O5S2. The van der Waals surface area contributed by atoms with E-state index in [1.165, 1.54) is 28.6 Å². The van der Waals surface area contributed by atoms with Crippen molar-refractivity contribution >= 4 is 31.5 Å². The van der Waals surface area contributed by atoms with Gasteiger partial charge >= 0.3 is 0 Å². The molecule has 34 heavy (non-hydrogen) atoms. The number of sulfonamides is 2. The molecule has 0 bridgehead atoms. The number of carbonyl (C=O) groups excluding carboxylic acids is 1. The van der Waals surface area contributed by atoms with Crippen LogP contribution in [0.4, 0.5) is 5.69 Å². The molecule has 2 aliphatic rings. The summed E-state index contributed by atoms with van der Waals surface area (Å²) in [6.07, 6.45) is 5.61. The molecule has 2 fully saturated rings. The van der Waals surface area contributed by atoms with E-state index in [0.29, 0.717) is 37.4 Å². The van der Waals surface area contributed by atoms with Gasteiger partial charge in [0.15, 0.2) is 5.78 Å². The van der Waals surface area contributed by atoms with E-state index in [4.69, 9.17) is 0 Å². The first-order chi connectivity index (χ1) is 16.3. The maximum absolute atomic E-state index is 12.9. The molecule has 2 aromatic rings. The first-order valence-electron chi connectivity index (χ1n) is 11.8. The van der Waals surface area contributed by atoms with Crippen molar-refractivity contribution in [1.29, 1.82) is 0 Å². The summed E-state index contributed by atoms with van der Waals surface area (Å²) in [5, 5.41) is 3.02. The lowest BCUT2D eigenvalue weighted by molar-refractivity contribution is 0.101. The molecule has 0 radical (unpaired) electrons. The summed E-state index contributed by atoms with van der Waals surface area (Å²) < 4.78 is 54.1. The van der Waals surface area contributed by atoms with E-state index in [1.54, 1.807) is 28.6 Å². The van der Waals surface area contributed by atoms with Gasteiger partial charge < -0.3 is 5.32 Å². The standard InChI is InChI=1S/C24H31N3O5S2/c28-24(20-7-11-22(12-8-20)33(29,30)27-17-5-6-18-27)19-25-21-9-13-23(14-10-21)34(31,32)26-15-3-1-2-4-16-26/h7-14,25H,1-6,15-19H2. The van der Waals surface area contributed by atoms with E-state index in [2.05, 4.69) is 5.32 Å². The number of benzene rings is 2. The Kier molecular flexibility index (Phi) is 7.71. The summed E-state index contributed by atoms with van der Waals surface area (Å²) in [6, 6.07) is 12.4. The molecule has 0 atom stereocenters. The monoisotopic (exact) mass is 505 g/mol. The number of nitrogens with one attached hydrogen (secondary N) is 1. The fraction of sp³-hybridized carbons (Fsp3) is 0.458. The van der Waals surface area contributed by atoms with Crippen LogP contribution >= 0.6 is 0 Å². The Morgan fingerprint density at radius 2 is 1.06 bits per heavy atom. The van der Waals surface area contributed by atoms with Crippen molar-refractivity contribution in [3.05, 3.63) is 54.1 Å². The zero-order valence-corrected chi connectivity index (χ0v) is 20.8. The summed E-state index contributed by atoms with van der Waals surface area (Å²) in [4.78, 5) is 13.0. The van der Waals surface area contributed by atoms with Crippen molar-refractivity contribution in [1.82, 2.24) is 8.61 Å². The van der Waals surface area contributed by atoms with Gasteiger partial charge in [0.25, 0.3) is 0 Å². The Morgan fingerprint density at radius 3 is 1.53 bits per heavy atom. The summed E-state index contributed by atoms with van der Waals surface area (Å²) in [7, 11) is -7.02. The molecule has 2 heterocycles. The summed E-state index contributed by atoms with van der Waals surface area (Å²) in [6.45, 7) is 2.18. The molecule has 0 aromatic heterocycles. The van der Waals surface area contributed by atoms with Gasteiger partial charge in [-0.1, -0.05) is 12.8 Å². The Hall–Kier alpha value is -2.27. The highest BCUT2D eigenvalue weighted by atomic mass is 32.2. The molecule has 8 nitrogen and oxygen atoms in total. The quantitative estimate of drug-likeness (QED) is 0.552. The average Bonchev–Trinajstić information content (AvgIpc) is 3.26. The fourth-order valence-electron chi connectivity index (χ4n) is 4.35. The minimum absolute atomic E-state index is 0.0104. The first kappa shape index (κ1) is 24.8. The van der Waals surface area contributed by atoms with Crippen LogP contribution in [0, 0.1) is 0 Å². The highest BCUT2D eigenvalue weighted by molar-refractivity contribution is 7.89. The number of nitrogens with zero attached hydrogens (tertiary/aromatic N) is 2. The predicted molar refractivity (Wildman–Crippen MR) is 131 cm³/mol. The molecule has 4 rings (SSSR count). The second-order valence-corrected chi connectivity index (χ2v) is 12.6. The van der Waals surface area contributed by atoms with Crippen LogP contribution < -0.4 is 5.32 Å². The predicted octanol–water partition coefficient (Wildman–Crippen LogP) is 3.33. The number of ketones is 1. The van der Waals surface area contributed by atoms with Crippen LogP contribution in [0.25, 0.3) is 0 Å². The molecule has 0 amide bonds. The number of rotatable bonds is 8. The van der Waals surface area contributed by atoms with Crippen molar-refractivity contribution in [3.63, 3.8) is 0 Å². The molecule has 0 spiro atoms. The highest BCUT2D eigenvalue weighted by Crippen LogP contribution is 2.23. The molecule has 2 aromatic carbocycles. The molecule has 2 aliphatic heterocycles. The average molecular weight is 506 g/mol. The smallest absolute Gasteiger partial charge is 0.243 e. The van der Waals surface area contributed by atoms with Crippen molar-refractivity contribution in [2.45, 2.75) is 48.3 Å². The molecule has 10 heteroatoms. The third-order valence-electron chi connectivity index (χ3n) is 6.39. The largest absolute Gasteiger partial charge is 0.378 e. The van der Waals surface area contributed by atoms with Crippen LogP contribution in [0.2, 0.25) is 0 Å². The van der Waals surface area contributed by atoms with Gasteiger partial charge in [0.05, 0.1) is 16.3 Å². The molecule has 2 saturated heterocycles. The number of anilines is 1. The Bertz CT molecular complexity index is 1200. The van der Waals surface area contributed by atoms with Gasteiger partial charge in [-0.25, -0.2) is 16.8 Å². The Morgan fingerprint density at radius 1 is 0.647 bits per heavy atom. The topological polar surface area (TPSA) is 104 Å². The van der Waals surface area contributed by atoms with Crippen molar-refractivity contribution < 1.29 is 21.6 Å². The van der Waals surface area contributed by atoms with Crippen molar-refractivity contribution in [2.75, 3.05) is 38.0 Å². The van der Waals surface area contributed by atoms with Crippen LogP contribution in [-0.4, -0.2) is 64.0 Å². The van der Waals surface area contributed by atoms with E-state index in [0.717, 1.165) is 38.5 Å². The number of hydrogen-bond acceptors (Lipinski definition) is 6. The van der Waals surface area contributed by atoms with E-state index in [9.17, 15) is 21.6 Å². The minimum atomic E-state index is -3.51. The molecule has 0 aliphatic carbocycles. The van der Waals surface area contributed by atoms with E-state index >= 15 is 0 Å². The van der Waals surface area contributed by atoms with Crippen LogP contribution in [0.5, 0.6) is 0 Å². The maximum atomic E-state index is 12.9. The van der Waals surface area contributed by atoms with Gasteiger partial charge in [-0.15, -0.1) is 0 Å². The molecule has 184 valence electrons. The number of carbonyl (C=O) groups is 1. The maximum Gasteiger partial charge on any atom is 0.243 e. The summed E-state index contributed by atoms with van der Waals surface area (Å²) in [5.41, 5.74) is 1.05. The van der Waals surface area contributed by atoms with Crippen molar-refractivity contribution in [2.24, 2.45) is 0 Å². The zero-order valence-electron chi connectivity index (χ0n) is 19.1. The fourth-order valence-corrected chi connectivity index (χ4v) is 7.38.